The van der Waals surface area contributed by atoms with Gasteiger partial charge in [-0.15, -0.1) is 0 Å². The van der Waals surface area contributed by atoms with Gasteiger partial charge in [0.2, 0.25) is 0 Å². The van der Waals surface area contributed by atoms with Crippen LogP contribution in [-0.2, 0) is 6.42 Å². The number of halogens is 1. The molecule has 72 valence electrons. The van der Waals surface area contributed by atoms with E-state index in [0.29, 0.717) is 0 Å². The SMILES string of the molecule is CCC(Cc1cccc(F)c1)NN. The van der Waals surface area contributed by atoms with Crippen LogP contribution in [0, 0.1) is 5.82 Å². The van der Waals surface area contributed by atoms with Gasteiger partial charge >= 0.3 is 0 Å². The minimum atomic E-state index is -0.190. The molecule has 0 saturated carbocycles. The third-order valence-electron chi connectivity index (χ3n) is 2.10. The van der Waals surface area contributed by atoms with Gasteiger partial charge in [0.15, 0.2) is 0 Å². The van der Waals surface area contributed by atoms with E-state index in [4.69, 9.17) is 5.84 Å². The van der Waals surface area contributed by atoms with Crippen molar-refractivity contribution in [1.82, 2.24) is 5.43 Å². The van der Waals surface area contributed by atoms with E-state index in [1.165, 1.54) is 6.07 Å². The molecule has 0 bridgehead atoms. The minimum Gasteiger partial charge on any atom is -0.271 e. The molecule has 3 heteroatoms. The lowest BCUT2D eigenvalue weighted by Gasteiger charge is -2.12. The molecule has 2 nitrogen and oxygen atoms in total. The molecule has 0 fully saturated rings. The van der Waals surface area contributed by atoms with Gasteiger partial charge in [-0.2, -0.15) is 0 Å². The second-order valence-corrected chi connectivity index (χ2v) is 3.11. The van der Waals surface area contributed by atoms with Gasteiger partial charge in [-0.05, 0) is 30.5 Å². The first kappa shape index (κ1) is 10.2. The van der Waals surface area contributed by atoms with E-state index in [-0.39, 0.29) is 11.9 Å². The third kappa shape index (κ3) is 3.13. The minimum absolute atomic E-state index is 0.190. The van der Waals surface area contributed by atoms with Crippen LogP contribution in [0.2, 0.25) is 0 Å². The van der Waals surface area contributed by atoms with Crippen molar-refractivity contribution in [3.63, 3.8) is 0 Å². The summed E-state index contributed by atoms with van der Waals surface area (Å²) in [7, 11) is 0. The lowest BCUT2D eigenvalue weighted by atomic mass is 10.0. The maximum absolute atomic E-state index is 12.8. The van der Waals surface area contributed by atoms with Crippen LogP contribution in [0.25, 0.3) is 0 Å². The molecule has 1 unspecified atom stereocenters. The van der Waals surface area contributed by atoms with Crippen LogP contribution >= 0.6 is 0 Å². The predicted octanol–water partition coefficient (Wildman–Crippen LogP) is 1.61. The number of nitrogens with one attached hydrogen (secondary N) is 1. The zero-order valence-corrected chi connectivity index (χ0v) is 7.76. The maximum atomic E-state index is 12.8. The highest BCUT2D eigenvalue weighted by atomic mass is 19.1. The average molecular weight is 182 g/mol. The molecule has 0 spiro atoms. The van der Waals surface area contributed by atoms with E-state index in [1.54, 1.807) is 12.1 Å². The van der Waals surface area contributed by atoms with E-state index >= 15 is 0 Å². The van der Waals surface area contributed by atoms with Crippen molar-refractivity contribution in [2.24, 2.45) is 5.84 Å². The molecule has 0 aromatic heterocycles. The zero-order chi connectivity index (χ0) is 9.68. The quantitative estimate of drug-likeness (QED) is 0.548. The lowest BCUT2D eigenvalue weighted by Crippen LogP contribution is -2.36. The topological polar surface area (TPSA) is 38.0 Å². The zero-order valence-electron chi connectivity index (χ0n) is 7.76. The van der Waals surface area contributed by atoms with E-state index in [2.05, 4.69) is 5.43 Å². The first-order chi connectivity index (χ1) is 6.26. The molecule has 0 aliphatic rings. The lowest BCUT2D eigenvalue weighted by molar-refractivity contribution is 0.509. The van der Waals surface area contributed by atoms with Gasteiger partial charge in [0.1, 0.15) is 5.82 Å². The standard InChI is InChI=1S/C10H15FN2/c1-2-10(13-12)7-8-4-3-5-9(11)6-8/h3-6,10,13H,2,7,12H2,1H3. The molecule has 1 atom stereocenters. The number of nitrogens with two attached hydrogens (primary N) is 1. The number of hydrogen-bond acceptors (Lipinski definition) is 2. The Kier molecular flexibility index (Phi) is 3.86. The largest absolute Gasteiger partial charge is 0.271 e. The summed E-state index contributed by atoms with van der Waals surface area (Å²) in [5.41, 5.74) is 3.67. The van der Waals surface area contributed by atoms with Crippen molar-refractivity contribution in [3.05, 3.63) is 35.6 Å². The summed E-state index contributed by atoms with van der Waals surface area (Å²) < 4.78 is 12.8. The van der Waals surface area contributed by atoms with Crippen LogP contribution in [0.1, 0.15) is 18.9 Å². The Hall–Kier alpha value is -0.930. The highest BCUT2D eigenvalue weighted by molar-refractivity contribution is 5.17. The van der Waals surface area contributed by atoms with Gasteiger partial charge in [-0.3, -0.25) is 11.3 Å². The Labute approximate surface area is 77.9 Å². The Morgan fingerprint density at radius 2 is 2.31 bits per heavy atom. The molecular weight excluding hydrogens is 167 g/mol. The summed E-state index contributed by atoms with van der Waals surface area (Å²) in [5.74, 6) is 5.14. The molecular formula is C10H15FN2. The number of benzene rings is 1. The average Bonchev–Trinajstić information content (AvgIpc) is 2.14. The molecule has 0 aliphatic heterocycles. The molecule has 13 heavy (non-hydrogen) atoms. The summed E-state index contributed by atoms with van der Waals surface area (Å²) in [5, 5.41) is 0. The monoisotopic (exact) mass is 182 g/mol. The van der Waals surface area contributed by atoms with Crippen LogP contribution in [0.5, 0.6) is 0 Å². The fourth-order valence-corrected chi connectivity index (χ4v) is 1.27. The van der Waals surface area contributed by atoms with E-state index in [9.17, 15) is 4.39 Å². The normalized spacial score (nSPS) is 12.8. The summed E-state index contributed by atoms with van der Waals surface area (Å²) in [6.07, 6.45) is 1.71. The first-order valence-corrected chi connectivity index (χ1v) is 4.46. The Morgan fingerprint density at radius 1 is 1.54 bits per heavy atom. The van der Waals surface area contributed by atoms with Gasteiger partial charge < -0.3 is 0 Å². The number of hydrazine groups is 1. The highest BCUT2D eigenvalue weighted by Gasteiger charge is 2.04. The van der Waals surface area contributed by atoms with E-state index in [1.807, 2.05) is 13.0 Å². The molecule has 0 amide bonds. The molecule has 3 N–H and O–H groups in total. The molecule has 1 aromatic carbocycles. The molecule has 1 aromatic rings. The van der Waals surface area contributed by atoms with E-state index < -0.39 is 0 Å². The van der Waals surface area contributed by atoms with Crippen LogP contribution < -0.4 is 11.3 Å². The van der Waals surface area contributed by atoms with Gasteiger partial charge in [-0.25, -0.2) is 4.39 Å². The van der Waals surface area contributed by atoms with Crippen LogP contribution in [0.4, 0.5) is 4.39 Å². The molecule has 1 rings (SSSR count). The summed E-state index contributed by atoms with van der Waals surface area (Å²) >= 11 is 0. The van der Waals surface area contributed by atoms with Crippen molar-refractivity contribution in [2.75, 3.05) is 0 Å². The third-order valence-corrected chi connectivity index (χ3v) is 2.10. The van der Waals surface area contributed by atoms with Gasteiger partial charge in [0, 0.05) is 6.04 Å². The second kappa shape index (κ2) is 4.94. The summed E-state index contributed by atoms with van der Waals surface area (Å²) in [4.78, 5) is 0. The fraction of sp³-hybridized carbons (Fsp3) is 0.400. The van der Waals surface area contributed by atoms with Crippen molar-refractivity contribution >= 4 is 0 Å². The number of rotatable bonds is 4. The van der Waals surface area contributed by atoms with Crippen LogP contribution in [0.15, 0.2) is 24.3 Å². The van der Waals surface area contributed by atoms with Crippen molar-refractivity contribution in [3.8, 4) is 0 Å². The Morgan fingerprint density at radius 3 is 2.85 bits per heavy atom. The maximum Gasteiger partial charge on any atom is 0.123 e. The first-order valence-electron chi connectivity index (χ1n) is 4.46. The van der Waals surface area contributed by atoms with Crippen LogP contribution in [0.3, 0.4) is 0 Å². The smallest absolute Gasteiger partial charge is 0.123 e. The molecule has 0 heterocycles. The highest BCUT2D eigenvalue weighted by Crippen LogP contribution is 2.07. The number of hydrogen-bond donors (Lipinski definition) is 2. The summed E-state index contributed by atoms with van der Waals surface area (Å²) in [6.45, 7) is 2.05. The Bertz CT molecular complexity index is 259. The van der Waals surface area contributed by atoms with E-state index in [0.717, 1.165) is 18.4 Å². The summed E-state index contributed by atoms with van der Waals surface area (Å²) in [6, 6.07) is 6.83. The van der Waals surface area contributed by atoms with Gasteiger partial charge in [0.05, 0.1) is 0 Å². The molecule has 0 saturated heterocycles. The van der Waals surface area contributed by atoms with Crippen molar-refractivity contribution in [1.29, 1.82) is 0 Å². The second-order valence-electron chi connectivity index (χ2n) is 3.11. The van der Waals surface area contributed by atoms with Gasteiger partial charge in [0.25, 0.3) is 0 Å². The molecule has 0 radical (unpaired) electrons. The predicted molar refractivity (Wildman–Crippen MR) is 51.5 cm³/mol. The van der Waals surface area contributed by atoms with Crippen molar-refractivity contribution in [2.45, 2.75) is 25.8 Å². The fourth-order valence-electron chi connectivity index (χ4n) is 1.27. The van der Waals surface area contributed by atoms with Crippen LogP contribution in [-0.4, -0.2) is 6.04 Å². The molecule has 0 aliphatic carbocycles. The van der Waals surface area contributed by atoms with Gasteiger partial charge in [-0.1, -0.05) is 19.1 Å². The van der Waals surface area contributed by atoms with Crippen molar-refractivity contribution < 1.29 is 4.39 Å². The Balaban J connectivity index is 2.62.